The molecular formula is C18H25NO4. The van der Waals surface area contributed by atoms with Crippen molar-refractivity contribution in [3.8, 4) is 5.75 Å². The summed E-state index contributed by atoms with van der Waals surface area (Å²) in [4.78, 5) is 24.1. The SMILES string of the molecule is COc1cccc(C(C)C(=O)NCC2(C(=O)O)CCCCC2)c1. The zero-order chi connectivity index (χ0) is 16.9. The summed E-state index contributed by atoms with van der Waals surface area (Å²) in [6.45, 7) is 2.02. The molecule has 1 amide bonds. The molecule has 0 heterocycles. The lowest BCUT2D eigenvalue weighted by Crippen LogP contribution is -2.45. The molecule has 1 atom stereocenters. The zero-order valence-electron chi connectivity index (χ0n) is 13.8. The Morgan fingerprint density at radius 3 is 2.61 bits per heavy atom. The van der Waals surface area contributed by atoms with E-state index in [4.69, 9.17) is 4.74 Å². The molecule has 5 heteroatoms. The van der Waals surface area contributed by atoms with Gasteiger partial charge < -0.3 is 15.2 Å². The zero-order valence-corrected chi connectivity index (χ0v) is 13.8. The average Bonchev–Trinajstić information content (AvgIpc) is 2.59. The molecule has 1 aliphatic carbocycles. The number of aliphatic carboxylic acids is 1. The predicted molar refractivity (Wildman–Crippen MR) is 87.6 cm³/mol. The quantitative estimate of drug-likeness (QED) is 0.845. The number of methoxy groups -OCH3 is 1. The highest BCUT2D eigenvalue weighted by molar-refractivity contribution is 5.84. The number of nitrogens with one attached hydrogen (secondary N) is 1. The van der Waals surface area contributed by atoms with Gasteiger partial charge in [0.1, 0.15) is 5.75 Å². The fourth-order valence-corrected chi connectivity index (χ4v) is 3.17. The number of carboxylic acid groups (broad SMARTS) is 1. The molecule has 1 aromatic rings. The van der Waals surface area contributed by atoms with E-state index in [2.05, 4.69) is 5.32 Å². The maximum Gasteiger partial charge on any atom is 0.311 e. The molecule has 1 aliphatic rings. The van der Waals surface area contributed by atoms with E-state index in [1.54, 1.807) is 7.11 Å². The number of carbonyl (C=O) groups is 2. The fraction of sp³-hybridized carbons (Fsp3) is 0.556. The predicted octanol–water partition coefficient (Wildman–Crippen LogP) is 2.95. The summed E-state index contributed by atoms with van der Waals surface area (Å²) >= 11 is 0. The first-order valence-electron chi connectivity index (χ1n) is 8.13. The number of carboxylic acids is 1. The number of rotatable bonds is 6. The smallest absolute Gasteiger partial charge is 0.311 e. The van der Waals surface area contributed by atoms with E-state index in [0.717, 1.165) is 24.8 Å². The maximum absolute atomic E-state index is 12.4. The van der Waals surface area contributed by atoms with Gasteiger partial charge in [0, 0.05) is 6.54 Å². The molecule has 0 radical (unpaired) electrons. The van der Waals surface area contributed by atoms with Gasteiger partial charge in [-0.15, -0.1) is 0 Å². The van der Waals surface area contributed by atoms with E-state index >= 15 is 0 Å². The van der Waals surface area contributed by atoms with E-state index in [-0.39, 0.29) is 18.4 Å². The van der Waals surface area contributed by atoms with Gasteiger partial charge in [0.05, 0.1) is 18.4 Å². The van der Waals surface area contributed by atoms with Crippen LogP contribution in [0.4, 0.5) is 0 Å². The lowest BCUT2D eigenvalue weighted by atomic mass is 9.74. The number of amides is 1. The van der Waals surface area contributed by atoms with Crippen LogP contribution >= 0.6 is 0 Å². The molecule has 0 saturated heterocycles. The summed E-state index contributed by atoms with van der Waals surface area (Å²) in [6.07, 6.45) is 4.16. The standard InChI is InChI=1S/C18H25NO4/c1-13(14-7-6-8-15(11-14)23-2)16(20)19-12-18(17(21)22)9-4-3-5-10-18/h6-8,11,13H,3-5,9-10,12H2,1-2H3,(H,19,20)(H,21,22). The largest absolute Gasteiger partial charge is 0.497 e. The molecule has 0 bridgehead atoms. The van der Waals surface area contributed by atoms with Crippen molar-refractivity contribution in [2.45, 2.75) is 44.9 Å². The Bertz CT molecular complexity index is 564. The van der Waals surface area contributed by atoms with Crippen molar-refractivity contribution in [1.29, 1.82) is 0 Å². The van der Waals surface area contributed by atoms with Gasteiger partial charge in [0.15, 0.2) is 0 Å². The highest BCUT2D eigenvalue weighted by Gasteiger charge is 2.40. The summed E-state index contributed by atoms with van der Waals surface area (Å²) < 4.78 is 5.18. The third kappa shape index (κ3) is 4.03. The minimum Gasteiger partial charge on any atom is -0.497 e. The van der Waals surface area contributed by atoms with Crippen molar-refractivity contribution in [2.75, 3.05) is 13.7 Å². The Labute approximate surface area is 137 Å². The van der Waals surface area contributed by atoms with Gasteiger partial charge in [-0.2, -0.15) is 0 Å². The number of carbonyl (C=O) groups excluding carboxylic acids is 1. The molecular weight excluding hydrogens is 294 g/mol. The topological polar surface area (TPSA) is 75.6 Å². The van der Waals surface area contributed by atoms with Crippen LogP contribution < -0.4 is 10.1 Å². The van der Waals surface area contributed by atoms with Crippen LogP contribution in [-0.4, -0.2) is 30.6 Å². The van der Waals surface area contributed by atoms with Gasteiger partial charge in [0.2, 0.25) is 5.91 Å². The molecule has 1 unspecified atom stereocenters. The molecule has 5 nitrogen and oxygen atoms in total. The summed E-state index contributed by atoms with van der Waals surface area (Å²) in [5.74, 6) is -0.591. The molecule has 1 aromatic carbocycles. The number of hydrogen-bond acceptors (Lipinski definition) is 3. The normalized spacial score (nSPS) is 18.0. The third-order valence-corrected chi connectivity index (χ3v) is 4.85. The van der Waals surface area contributed by atoms with Crippen LogP contribution in [0.25, 0.3) is 0 Å². The summed E-state index contributed by atoms with van der Waals surface area (Å²) in [6, 6.07) is 7.38. The fourth-order valence-electron chi connectivity index (χ4n) is 3.17. The van der Waals surface area contributed by atoms with E-state index in [1.165, 1.54) is 0 Å². The van der Waals surface area contributed by atoms with Crippen molar-refractivity contribution in [2.24, 2.45) is 5.41 Å². The molecule has 2 N–H and O–H groups in total. The van der Waals surface area contributed by atoms with Crippen molar-refractivity contribution in [3.63, 3.8) is 0 Å². The Morgan fingerprint density at radius 1 is 1.30 bits per heavy atom. The average molecular weight is 319 g/mol. The molecule has 0 aromatic heterocycles. The van der Waals surface area contributed by atoms with Crippen molar-refractivity contribution < 1.29 is 19.4 Å². The van der Waals surface area contributed by atoms with Crippen LogP contribution in [0.5, 0.6) is 5.75 Å². The minimum absolute atomic E-state index is 0.149. The first-order chi connectivity index (χ1) is 11.0. The highest BCUT2D eigenvalue weighted by Crippen LogP contribution is 2.36. The van der Waals surface area contributed by atoms with Gasteiger partial charge in [-0.25, -0.2) is 0 Å². The summed E-state index contributed by atoms with van der Waals surface area (Å²) in [7, 11) is 1.59. The van der Waals surface area contributed by atoms with Crippen molar-refractivity contribution in [1.82, 2.24) is 5.32 Å². The number of benzene rings is 1. The van der Waals surface area contributed by atoms with E-state index < -0.39 is 11.4 Å². The minimum atomic E-state index is -0.804. The van der Waals surface area contributed by atoms with Crippen LogP contribution in [0.15, 0.2) is 24.3 Å². The van der Waals surface area contributed by atoms with Crippen LogP contribution in [0.1, 0.15) is 50.5 Å². The van der Waals surface area contributed by atoms with Crippen LogP contribution in [0, 0.1) is 5.41 Å². The lowest BCUT2D eigenvalue weighted by molar-refractivity contribution is -0.151. The first-order valence-corrected chi connectivity index (χ1v) is 8.13. The van der Waals surface area contributed by atoms with Gasteiger partial charge in [-0.05, 0) is 37.5 Å². The Morgan fingerprint density at radius 2 is 2.00 bits per heavy atom. The highest BCUT2D eigenvalue weighted by atomic mass is 16.5. The van der Waals surface area contributed by atoms with Crippen LogP contribution in [0.3, 0.4) is 0 Å². The van der Waals surface area contributed by atoms with E-state index in [0.29, 0.717) is 18.6 Å². The molecule has 0 spiro atoms. The van der Waals surface area contributed by atoms with E-state index in [1.807, 2.05) is 31.2 Å². The lowest BCUT2D eigenvalue weighted by Gasteiger charge is -2.33. The second-order valence-electron chi connectivity index (χ2n) is 6.36. The molecule has 126 valence electrons. The van der Waals surface area contributed by atoms with Gasteiger partial charge in [-0.3, -0.25) is 9.59 Å². The second-order valence-corrected chi connectivity index (χ2v) is 6.36. The number of ether oxygens (including phenoxy) is 1. The van der Waals surface area contributed by atoms with E-state index in [9.17, 15) is 14.7 Å². The molecule has 0 aliphatic heterocycles. The van der Waals surface area contributed by atoms with Crippen LogP contribution in [0.2, 0.25) is 0 Å². The molecule has 1 fully saturated rings. The van der Waals surface area contributed by atoms with Gasteiger partial charge in [-0.1, -0.05) is 31.4 Å². The molecule has 1 saturated carbocycles. The number of hydrogen-bond donors (Lipinski definition) is 2. The Balaban J connectivity index is 2.01. The van der Waals surface area contributed by atoms with Gasteiger partial charge >= 0.3 is 5.97 Å². The Hall–Kier alpha value is -2.04. The monoisotopic (exact) mass is 319 g/mol. The third-order valence-electron chi connectivity index (χ3n) is 4.85. The summed E-state index contributed by atoms with van der Waals surface area (Å²) in [5.41, 5.74) is 0.0528. The first kappa shape index (κ1) is 17.3. The van der Waals surface area contributed by atoms with Gasteiger partial charge in [0.25, 0.3) is 0 Å². The maximum atomic E-state index is 12.4. The van der Waals surface area contributed by atoms with Crippen molar-refractivity contribution >= 4 is 11.9 Å². The second kappa shape index (κ2) is 7.49. The van der Waals surface area contributed by atoms with Crippen molar-refractivity contribution in [3.05, 3.63) is 29.8 Å². The van der Waals surface area contributed by atoms with Crippen LogP contribution in [-0.2, 0) is 9.59 Å². The summed E-state index contributed by atoms with van der Waals surface area (Å²) in [5, 5.41) is 12.4. The molecule has 23 heavy (non-hydrogen) atoms. The molecule has 2 rings (SSSR count). The Kier molecular flexibility index (Phi) is 5.64.